The first-order valence-corrected chi connectivity index (χ1v) is 8.13. The third kappa shape index (κ3) is 3.10. The Kier molecular flexibility index (Phi) is 3.93. The van der Waals surface area contributed by atoms with Crippen molar-refractivity contribution in [2.24, 2.45) is 0 Å². The molecule has 2 heterocycles. The van der Waals surface area contributed by atoms with Crippen LogP contribution in [-0.2, 0) is 0 Å². The standard InChI is InChI=1S/C19H17N3O3/c1-12(13-6-7-17-18(10-13)25-9-8-24-17)21-19(23)16-11-20-14-4-2-3-5-15(14)22-16/h2-7,10-12H,8-9H2,1H3,(H,21,23)/t12-/m1/s1. The van der Waals surface area contributed by atoms with Gasteiger partial charge < -0.3 is 14.8 Å². The molecule has 1 aliphatic heterocycles. The first-order chi connectivity index (χ1) is 12.2. The van der Waals surface area contributed by atoms with E-state index in [0.717, 1.165) is 16.8 Å². The monoisotopic (exact) mass is 335 g/mol. The summed E-state index contributed by atoms with van der Waals surface area (Å²) < 4.78 is 11.1. The second-order valence-electron chi connectivity index (χ2n) is 5.84. The van der Waals surface area contributed by atoms with Crippen LogP contribution in [0.25, 0.3) is 11.0 Å². The summed E-state index contributed by atoms with van der Waals surface area (Å²) in [4.78, 5) is 21.1. The van der Waals surface area contributed by atoms with Crippen LogP contribution in [0.5, 0.6) is 11.5 Å². The summed E-state index contributed by atoms with van der Waals surface area (Å²) in [6.07, 6.45) is 1.49. The molecule has 0 bridgehead atoms. The third-order valence-electron chi connectivity index (χ3n) is 4.10. The summed E-state index contributed by atoms with van der Waals surface area (Å²) in [7, 11) is 0. The van der Waals surface area contributed by atoms with Gasteiger partial charge in [0.1, 0.15) is 18.9 Å². The minimum absolute atomic E-state index is 0.198. The van der Waals surface area contributed by atoms with Gasteiger partial charge in [0.05, 0.1) is 23.3 Å². The number of carbonyl (C=O) groups is 1. The Morgan fingerprint density at radius 1 is 1.08 bits per heavy atom. The molecule has 0 fully saturated rings. The maximum Gasteiger partial charge on any atom is 0.271 e. The summed E-state index contributed by atoms with van der Waals surface area (Å²) in [6.45, 7) is 3.00. The van der Waals surface area contributed by atoms with Crippen LogP contribution in [-0.4, -0.2) is 29.1 Å². The molecule has 6 nitrogen and oxygen atoms in total. The van der Waals surface area contributed by atoms with E-state index in [4.69, 9.17) is 9.47 Å². The Labute approximate surface area is 144 Å². The molecule has 1 atom stereocenters. The molecule has 3 aromatic rings. The lowest BCUT2D eigenvalue weighted by Gasteiger charge is -2.21. The summed E-state index contributed by atoms with van der Waals surface area (Å²) in [5.41, 5.74) is 2.69. The minimum atomic E-state index is -0.263. The van der Waals surface area contributed by atoms with E-state index in [1.54, 1.807) is 0 Å². The maximum atomic E-state index is 12.5. The molecule has 1 aromatic heterocycles. The third-order valence-corrected chi connectivity index (χ3v) is 4.10. The van der Waals surface area contributed by atoms with Crippen molar-refractivity contribution in [3.8, 4) is 11.5 Å². The summed E-state index contributed by atoms with van der Waals surface area (Å²) in [6, 6.07) is 12.9. The van der Waals surface area contributed by atoms with E-state index in [1.165, 1.54) is 6.20 Å². The number of rotatable bonds is 3. The smallest absolute Gasteiger partial charge is 0.271 e. The Morgan fingerprint density at radius 2 is 1.84 bits per heavy atom. The highest BCUT2D eigenvalue weighted by atomic mass is 16.6. The topological polar surface area (TPSA) is 73.3 Å². The largest absolute Gasteiger partial charge is 0.486 e. The van der Waals surface area contributed by atoms with Gasteiger partial charge >= 0.3 is 0 Å². The number of carbonyl (C=O) groups excluding carboxylic acids is 1. The molecule has 0 unspecified atom stereocenters. The molecule has 0 spiro atoms. The van der Waals surface area contributed by atoms with Crippen molar-refractivity contribution in [1.82, 2.24) is 15.3 Å². The number of fused-ring (bicyclic) bond motifs is 2. The van der Waals surface area contributed by atoms with Gasteiger partial charge in [0.15, 0.2) is 11.5 Å². The Bertz CT molecular complexity index is 942. The zero-order valence-electron chi connectivity index (χ0n) is 13.7. The number of ether oxygens (including phenoxy) is 2. The van der Waals surface area contributed by atoms with Gasteiger partial charge in [-0.2, -0.15) is 0 Å². The molecule has 126 valence electrons. The van der Waals surface area contributed by atoms with E-state index in [0.29, 0.717) is 30.2 Å². The predicted molar refractivity (Wildman–Crippen MR) is 92.9 cm³/mol. The van der Waals surface area contributed by atoms with Crippen molar-refractivity contribution in [2.75, 3.05) is 13.2 Å². The summed E-state index contributed by atoms with van der Waals surface area (Å²) in [5, 5.41) is 2.95. The zero-order valence-corrected chi connectivity index (χ0v) is 13.7. The fourth-order valence-corrected chi connectivity index (χ4v) is 2.75. The normalized spacial score (nSPS) is 14.1. The van der Waals surface area contributed by atoms with Crippen molar-refractivity contribution >= 4 is 16.9 Å². The van der Waals surface area contributed by atoms with Crippen LogP contribution in [0.4, 0.5) is 0 Å². The van der Waals surface area contributed by atoms with Gasteiger partial charge in [0, 0.05) is 0 Å². The van der Waals surface area contributed by atoms with Crippen molar-refractivity contribution < 1.29 is 14.3 Å². The van der Waals surface area contributed by atoms with Crippen LogP contribution < -0.4 is 14.8 Å². The molecule has 6 heteroatoms. The number of aromatic nitrogens is 2. The fraction of sp³-hybridized carbons (Fsp3) is 0.211. The molecule has 0 saturated carbocycles. The fourth-order valence-electron chi connectivity index (χ4n) is 2.75. The van der Waals surface area contributed by atoms with Crippen molar-refractivity contribution in [1.29, 1.82) is 0 Å². The minimum Gasteiger partial charge on any atom is -0.486 e. The average molecular weight is 335 g/mol. The Balaban J connectivity index is 1.53. The molecule has 1 N–H and O–H groups in total. The van der Waals surface area contributed by atoms with Crippen LogP contribution in [0.3, 0.4) is 0 Å². The van der Waals surface area contributed by atoms with Crippen LogP contribution in [0.1, 0.15) is 29.0 Å². The van der Waals surface area contributed by atoms with Gasteiger partial charge in [-0.1, -0.05) is 18.2 Å². The van der Waals surface area contributed by atoms with Gasteiger partial charge in [0.25, 0.3) is 5.91 Å². The predicted octanol–water partition coefficient (Wildman–Crippen LogP) is 2.89. The van der Waals surface area contributed by atoms with E-state index in [2.05, 4.69) is 15.3 Å². The molecule has 2 aromatic carbocycles. The lowest BCUT2D eigenvalue weighted by Crippen LogP contribution is -2.27. The number of hydrogen-bond acceptors (Lipinski definition) is 5. The number of amides is 1. The first kappa shape index (κ1) is 15.4. The average Bonchev–Trinajstić information content (AvgIpc) is 2.67. The lowest BCUT2D eigenvalue weighted by atomic mass is 10.1. The molecule has 0 radical (unpaired) electrons. The van der Waals surface area contributed by atoms with E-state index in [1.807, 2.05) is 49.4 Å². The lowest BCUT2D eigenvalue weighted by molar-refractivity contribution is 0.0934. The maximum absolute atomic E-state index is 12.5. The number of benzene rings is 2. The molecular weight excluding hydrogens is 318 g/mol. The van der Waals surface area contributed by atoms with Crippen molar-refractivity contribution in [3.63, 3.8) is 0 Å². The molecule has 25 heavy (non-hydrogen) atoms. The summed E-state index contributed by atoms with van der Waals surface area (Å²) >= 11 is 0. The van der Waals surface area contributed by atoms with Crippen LogP contribution in [0, 0.1) is 0 Å². The quantitative estimate of drug-likeness (QED) is 0.797. The molecule has 1 amide bonds. The van der Waals surface area contributed by atoms with Gasteiger partial charge in [-0.3, -0.25) is 9.78 Å². The van der Waals surface area contributed by atoms with Crippen LogP contribution in [0.2, 0.25) is 0 Å². The van der Waals surface area contributed by atoms with E-state index < -0.39 is 0 Å². The molecule has 0 saturated heterocycles. The van der Waals surface area contributed by atoms with E-state index >= 15 is 0 Å². The SMILES string of the molecule is C[C@@H](NC(=O)c1cnc2ccccc2n1)c1ccc2c(c1)OCCO2. The second kappa shape index (κ2) is 6.39. The highest BCUT2D eigenvalue weighted by Crippen LogP contribution is 2.32. The Hall–Kier alpha value is -3.15. The number of para-hydroxylation sites is 2. The van der Waals surface area contributed by atoms with Gasteiger partial charge in [0.2, 0.25) is 0 Å². The number of hydrogen-bond donors (Lipinski definition) is 1. The first-order valence-electron chi connectivity index (χ1n) is 8.13. The molecule has 1 aliphatic rings. The van der Waals surface area contributed by atoms with E-state index in [-0.39, 0.29) is 11.9 Å². The zero-order chi connectivity index (χ0) is 17.2. The molecule has 4 rings (SSSR count). The summed E-state index contributed by atoms with van der Waals surface area (Å²) in [5.74, 6) is 1.17. The van der Waals surface area contributed by atoms with Gasteiger partial charge in [-0.25, -0.2) is 4.98 Å². The highest BCUT2D eigenvalue weighted by molar-refractivity contribution is 5.94. The van der Waals surface area contributed by atoms with Crippen molar-refractivity contribution in [3.05, 3.63) is 59.9 Å². The second-order valence-corrected chi connectivity index (χ2v) is 5.84. The van der Waals surface area contributed by atoms with Crippen LogP contribution in [0.15, 0.2) is 48.7 Å². The van der Waals surface area contributed by atoms with E-state index in [9.17, 15) is 4.79 Å². The van der Waals surface area contributed by atoms with Crippen LogP contribution >= 0.6 is 0 Å². The highest BCUT2D eigenvalue weighted by Gasteiger charge is 2.17. The Morgan fingerprint density at radius 3 is 2.68 bits per heavy atom. The number of nitrogens with zero attached hydrogens (tertiary/aromatic N) is 2. The van der Waals surface area contributed by atoms with Gasteiger partial charge in [-0.05, 0) is 36.8 Å². The van der Waals surface area contributed by atoms with Gasteiger partial charge in [-0.15, -0.1) is 0 Å². The van der Waals surface area contributed by atoms with Crippen molar-refractivity contribution in [2.45, 2.75) is 13.0 Å². The molecular formula is C19H17N3O3. The molecule has 0 aliphatic carbocycles. The number of nitrogens with one attached hydrogen (secondary N) is 1.